The summed E-state index contributed by atoms with van der Waals surface area (Å²) in [5.74, 6) is 2.47. The van der Waals surface area contributed by atoms with Crippen molar-refractivity contribution < 1.29 is 38.8 Å². The molecule has 0 aromatic heterocycles. The molecular weight excluding hydrogens is 630 g/mol. The molecule has 2 aromatic carbocycles. The van der Waals surface area contributed by atoms with Crippen LogP contribution < -0.4 is 14.2 Å². The Labute approximate surface area is 288 Å². The number of thioether (sulfide) groups is 1. The van der Waals surface area contributed by atoms with Crippen molar-refractivity contribution in [1.82, 2.24) is 0 Å². The van der Waals surface area contributed by atoms with Gasteiger partial charge in [-0.3, -0.25) is 4.79 Å². The summed E-state index contributed by atoms with van der Waals surface area (Å²) < 4.78 is 25.7. The number of fused-ring (bicyclic) bond motifs is 2. The Morgan fingerprint density at radius 2 is 1.81 bits per heavy atom. The molecule has 1 aliphatic heterocycles. The van der Waals surface area contributed by atoms with Gasteiger partial charge in [-0.05, 0) is 85.2 Å². The van der Waals surface area contributed by atoms with Crippen LogP contribution in [-0.4, -0.2) is 73.0 Å². The van der Waals surface area contributed by atoms with Crippen LogP contribution in [0.4, 0.5) is 0 Å². The third kappa shape index (κ3) is 7.32. The highest BCUT2D eigenvalue weighted by atomic mass is 32.2. The summed E-state index contributed by atoms with van der Waals surface area (Å²) in [7, 11) is 3.12. The number of carbonyl (C=O) groups excluding carboxylic acids is 1. The van der Waals surface area contributed by atoms with Crippen LogP contribution in [-0.2, 0) is 9.57 Å². The van der Waals surface area contributed by atoms with Crippen molar-refractivity contribution in [2.45, 2.75) is 68.8 Å². The third-order valence-corrected chi connectivity index (χ3v) is 11.0. The average Bonchev–Trinajstić information content (AvgIpc) is 3.10. The fraction of sp³-hybridized carbons (Fsp3) is 0.526. The fourth-order valence-corrected chi connectivity index (χ4v) is 9.03. The zero-order valence-electron chi connectivity index (χ0n) is 28.3. The first kappa shape index (κ1) is 36.0. The number of allylic oxidation sites excluding steroid dienone is 1. The van der Waals surface area contributed by atoms with E-state index in [1.165, 1.54) is 7.11 Å². The smallest absolute Gasteiger partial charge is 0.230 e. The number of nitrogens with zero attached hydrogens (tertiary/aromatic N) is 1. The lowest BCUT2D eigenvalue weighted by Crippen LogP contribution is -2.64. The van der Waals surface area contributed by atoms with Crippen LogP contribution in [0.15, 0.2) is 65.9 Å². The number of rotatable bonds is 18. The van der Waals surface area contributed by atoms with Crippen LogP contribution in [0, 0.1) is 17.8 Å². The second-order valence-electron chi connectivity index (χ2n) is 12.5. The Balaban J connectivity index is 1.69. The van der Waals surface area contributed by atoms with Crippen molar-refractivity contribution >= 4 is 23.8 Å². The maximum absolute atomic E-state index is 11.7. The third-order valence-electron chi connectivity index (χ3n) is 9.75. The molecule has 1 heterocycles. The molecule has 0 amide bonds. The predicted octanol–water partition coefficient (Wildman–Crippen LogP) is 7.32. The summed E-state index contributed by atoms with van der Waals surface area (Å²) in [4.78, 5) is 17.2. The summed E-state index contributed by atoms with van der Waals surface area (Å²) in [5, 5.41) is 24.0. The number of benzene rings is 2. The molecule has 0 saturated heterocycles. The topological polar surface area (TPSA) is 116 Å². The zero-order valence-corrected chi connectivity index (χ0v) is 29.1. The van der Waals surface area contributed by atoms with Gasteiger partial charge in [0.25, 0.3) is 0 Å². The Hall–Kier alpha value is -3.31. The number of methoxy groups -OCH3 is 1. The van der Waals surface area contributed by atoms with E-state index in [1.807, 2.05) is 23.9 Å². The summed E-state index contributed by atoms with van der Waals surface area (Å²) >= 11 is 1.81. The number of unbranched alkanes of at least 4 members (excludes halogenated alkanes) is 2. The van der Waals surface area contributed by atoms with Gasteiger partial charge in [0.2, 0.25) is 5.79 Å². The molecule has 2 aliphatic carbocycles. The number of carbonyl (C=O) groups is 1. The van der Waals surface area contributed by atoms with Crippen molar-refractivity contribution in [3.05, 3.63) is 71.8 Å². The zero-order chi connectivity index (χ0) is 34.1. The van der Waals surface area contributed by atoms with Crippen molar-refractivity contribution in [1.29, 1.82) is 0 Å². The van der Waals surface area contributed by atoms with Crippen LogP contribution in [0.1, 0.15) is 73.7 Å². The van der Waals surface area contributed by atoms with Gasteiger partial charge < -0.3 is 34.0 Å². The largest absolute Gasteiger partial charge is 0.496 e. The lowest BCUT2D eigenvalue weighted by molar-refractivity contribution is -0.223. The highest BCUT2D eigenvalue weighted by molar-refractivity contribution is 8.00. The maximum atomic E-state index is 11.7. The summed E-state index contributed by atoms with van der Waals surface area (Å²) in [6, 6.07) is 11.1. The van der Waals surface area contributed by atoms with Gasteiger partial charge in [-0.2, -0.15) is 11.8 Å². The Morgan fingerprint density at radius 3 is 2.50 bits per heavy atom. The number of ether oxygens (including phenoxy) is 4. The van der Waals surface area contributed by atoms with E-state index in [9.17, 15) is 15.0 Å². The van der Waals surface area contributed by atoms with Gasteiger partial charge in [0.15, 0.2) is 6.29 Å². The minimum absolute atomic E-state index is 0.0244. The minimum atomic E-state index is -0.979. The summed E-state index contributed by atoms with van der Waals surface area (Å²) in [6.07, 6.45) is 10.6. The van der Waals surface area contributed by atoms with Crippen LogP contribution in [0.2, 0.25) is 0 Å². The van der Waals surface area contributed by atoms with E-state index in [0.29, 0.717) is 35.8 Å². The van der Waals surface area contributed by atoms with E-state index in [2.05, 4.69) is 30.8 Å². The first-order valence-corrected chi connectivity index (χ1v) is 18.1. The second-order valence-corrected chi connectivity index (χ2v) is 14.0. The van der Waals surface area contributed by atoms with Gasteiger partial charge in [0.05, 0.1) is 36.2 Å². The first-order valence-electron chi connectivity index (χ1n) is 17.0. The highest BCUT2D eigenvalue weighted by Crippen LogP contribution is 2.62. The van der Waals surface area contributed by atoms with Crippen molar-refractivity contribution in [2.24, 2.45) is 22.9 Å². The molecule has 48 heavy (non-hydrogen) atoms. The molecule has 5 rings (SSSR count). The van der Waals surface area contributed by atoms with Gasteiger partial charge in [0.1, 0.15) is 30.1 Å². The van der Waals surface area contributed by atoms with E-state index < -0.39 is 5.79 Å². The predicted molar refractivity (Wildman–Crippen MR) is 189 cm³/mol. The van der Waals surface area contributed by atoms with E-state index in [0.717, 1.165) is 73.2 Å². The van der Waals surface area contributed by atoms with Crippen LogP contribution >= 0.6 is 11.8 Å². The number of aliphatic hydroxyl groups is 2. The minimum Gasteiger partial charge on any atom is -0.496 e. The number of hydrogen-bond acceptors (Lipinski definition) is 10. The maximum Gasteiger partial charge on any atom is 0.230 e. The van der Waals surface area contributed by atoms with Crippen LogP contribution in [0.25, 0.3) is 0 Å². The molecular formula is C38H49NO8S. The summed E-state index contributed by atoms with van der Waals surface area (Å²) in [5.41, 5.74) is 3.44. The van der Waals surface area contributed by atoms with Gasteiger partial charge >= 0.3 is 0 Å². The van der Waals surface area contributed by atoms with E-state index in [-0.39, 0.29) is 42.1 Å². The monoisotopic (exact) mass is 679 g/mol. The molecule has 2 N–H and O–H groups in total. The molecule has 0 radical (unpaired) electrons. The van der Waals surface area contributed by atoms with E-state index in [4.69, 9.17) is 23.8 Å². The quantitative estimate of drug-likeness (QED) is 0.0724. The Bertz CT molecular complexity index is 1480. The number of aldehydes is 1. The van der Waals surface area contributed by atoms with Crippen LogP contribution in [0.5, 0.6) is 23.0 Å². The molecule has 0 bridgehead atoms. The molecule has 2 aromatic rings. The normalized spacial score (nSPS) is 26.5. The van der Waals surface area contributed by atoms with Crippen molar-refractivity contribution in [2.75, 3.05) is 39.8 Å². The van der Waals surface area contributed by atoms with Crippen molar-refractivity contribution in [3.8, 4) is 23.0 Å². The molecule has 6 atom stereocenters. The van der Waals surface area contributed by atoms with E-state index in [1.54, 1.807) is 31.4 Å². The lowest BCUT2D eigenvalue weighted by Gasteiger charge is -2.58. The van der Waals surface area contributed by atoms with Gasteiger partial charge in [0, 0.05) is 31.1 Å². The van der Waals surface area contributed by atoms with Crippen LogP contribution in [0.3, 0.4) is 0 Å². The molecule has 0 spiro atoms. The molecule has 0 unspecified atom stereocenters. The van der Waals surface area contributed by atoms with Gasteiger partial charge in [-0.1, -0.05) is 37.1 Å². The van der Waals surface area contributed by atoms with Gasteiger partial charge in [-0.25, -0.2) is 0 Å². The molecule has 260 valence electrons. The number of hydrogen-bond donors (Lipinski definition) is 2. The van der Waals surface area contributed by atoms with E-state index >= 15 is 0 Å². The molecule has 1 fully saturated rings. The molecule has 10 heteroatoms. The SMILES string of the molecule is C=CCO[C@@]12Oc3ccc(Oc4ccc(OC)c(C=O)c4)cc3[C@H]3[C@H](CCCCO)[C@@H](CCCCO)C=C(C(=NOC)C[C@@H]1SCC)[C@H]32. The molecule has 9 nitrogen and oxygen atoms in total. The Morgan fingerprint density at radius 1 is 1.06 bits per heavy atom. The first-order chi connectivity index (χ1) is 23.5. The Kier molecular flexibility index (Phi) is 12.7. The summed E-state index contributed by atoms with van der Waals surface area (Å²) in [6.45, 7) is 6.75. The fourth-order valence-electron chi connectivity index (χ4n) is 7.85. The van der Waals surface area contributed by atoms with Gasteiger partial charge in [-0.15, -0.1) is 6.58 Å². The standard InChI is InChI=1S/C38H49NO8S/c1-5-19-45-38-35(48-6-2)23-32(39-44-4)30-21-25(11-7-9-17-40)29(12-8-10-18-41)36(37(30)38)31-22-28(14-16-34(31)47-38)46-27-13-15-33(43-3)26(20-27)24-42/h5,13-16,20-22,24-25,29,35-37,40-41H,1,6-12,17-19,23H2,2-4H3/t25-,29+,35-,36+,37+,38+/m0/s1. The number of oxime groups is 1. The average molecular weight is 680 g/mol. The highest BCUT2D eigenvalue weighted by Gasteiger charge is 2.63. The number of aliphatic hydroxyl groups excluding tert-OH is 2. The lowest BCUT2D eigenvalue weighted by atomic mass is 9.56. The molecule has 1 saturated carbocycles. The second kappa shape index (κ2) is 16.9. The van der Waals surface area contributed by atoms with Crippen molar-refractivity contribution in [3.63, 3.8) is 0 Å². The molecule has 3 aliphatic rings.